The molecule has 0 aliphatic carbocycles. The normalized spacial score (nSPS) is 17.0. The first-order valence-corrected chi connectivity index (χ1v) is 8.26. The lowest BCUT2D eigenvalue weighted by Crippen LogP contribution is -2.17. The van der Waals surface area contributed by atoms with Crippen LogP contribution in [0.4, 0.5) is 5.69 Å². The number of amides is 1. The van der Waals surface area contributed by atoms with Gasteiger partial charge in [0.1, 0.15) is 0 Å². The van der Waals surface area contributed by atoms with Crippen LogP contribution in [0.2, 0.25) is 0 Å². The molecule has 1 aromatic carbocycles. The molecule has 1 aliphatic rings. The van der Waals surface area contributed by atoms with Crippen molar-refractivity contribution in [2.75, 3.05) is 11.9 Å². The molecule has 0 spiro atoms. The van der Waals surface area contributed by atoms with Gasteiger partial charge in [-0.1, -0.05) is 18.2 Å². The highest BCUT2D eigenvalue weighted by molar-refractivity contribution is 6.12. The number of carbonyl (C=O) groups excluding carboxylic acids is 1. The van der Waals surface area contributed by atoms with E-state index in [-0.39, 0.29) is 17.6 Å². The summed E-state index contributed by atoms with van der Waals surface area (Å²) in [4.78, 5) is 27.1. The predicted molar refractivity (Wildman–Crippen MR) is 93.7 cm³/mol. The minimum absolute atomic E-state index is 0.181. The largest absolute Gasteiger partial charge is 0.376 e. The lowest BCUT2D eigenvalue weighted by molar-refractivity contribution is 0.0940. The molecule has 1 fully saturated rings. The molecule has 3 heterocycles. The Labute approximate surface area is 143 Å². The third-order valence-corrected chi connectivity index (χ3v) is 4.30. The predicted octanol–water partition coefficient (Wildman–Crippen LogP) is 2.16. The standard InChI is InChI=1S/C18H18N4O3/c23-17-8-15(14-5-1-2-6-16(14)21-17)18(24)20-12-9-19-22(10-12)11-13-4-3-7-25-13/h1-2,5-6,8-10,13H,3-4,7,11H2,(H,20,24)(H,21,23). The number of aromatic amines is 1. The topological polar surface area (TPSA) is 89.0 Å². The Kier molecular flexibility index (Phi) is 4.07. The number of nitrogens with zero attached hydrogens (tertiary/aromatic N) is 2. The quantitative estimate of drug-likeness (QED) is 0.763. The summed E-state index contributed by atoms with van der Waals surface area (Å²) in [7, 11) is 0. The van der Waals surface area contributed by atoms with Crippen LogP contribution in [-0.2, 0) is 11.3 Å². The summed E-state index contributed by atoms with van der Waals surface area (Å²) in [5.74, 6) is -0.334. The molecule has 3 aromatic rings. The Morgan fingerprint density at radius 2 is 2.28 bits per heavy atom. The van der Waals surface area contributed by atoms with Crippen LogP contribution in [0, 0.1) is 0 Å². The number of ether oxygens (including phenoxy) is 1. The first-order chi connectivity index (χ1) is 12.2. The van der Waals surface area contributed by atoms with Crippen molar-refractivity contribution in [3.63, 3.8) is 0 Å². The van der Waals surface area contributed by atoms with Gasteiger partial charge in [-0.15, -0.1) is 0 Å². The van der Waals surface area contributed by atoms with Crippen molar-refractivity contribution in [1.82, 2.24) is 14.8 Å². The van der Waals surface area contributed by atoms with E-state index in [1.54, 1.807) is 29.2 Å². The van der Waals surface area contributed by atoms with Gasteiger partial charge in [0.15, 0.2) is 0 Å². The third kappa shape index (κ3) is 3.32. The van der Waals surface area contributed by atoms with Gasteiger partial charge in [0.2, 0.25) is 5.56 Å². The van der Waals surface area contributed by atoms with Gasteiger partial charge in [0.25, 0.3) is 5.91 Å². The van der Waals surface area contributed by atoms with Crippen molar-refractivity contribution in [2.24, 2.45) is 0 Å². The molecule has 1 saturated heterocycles. The average molecular weight is 338 g/mol. The molecule has 1 amide bonds. The molecule has 0 bridgehead atoms. The average Bonchev–Trinajstić information content (AvgIpc) is 3.26. The summed E-state index contributed by atoms with van der Waals surface area (Å²) in [5, 5.41) is 7.77. The Bertz CT molecular complexity index is 970. The molecule has 128 valence electrons. The number of nitrogens with one attached hydrogen (secondary N) is 2. The molecular weight excluding hydrogens is 320 g/mol. The van der Waals surface area contributed by atoms with Crippen molar-refractivity contribution >= 4 is 22.5 Å². The molecule has 25 heavy (non-hydrogen) atoms. The van der Waals surface area contributed by atoms with E-state index in [2.05, 4.69) is 15.4 Å². The minimum Gasteiger partial charge on any atom is -0.376 e. The fourth-order valence-electron chi connectivity index (χ4n) is 3.12. The Morgan fingerprint density at radius 3 is 3.12 bits per heavy atom. The second-order valence-electron chi connectivity index (χ2n) is 6.13. The van der Waals surface area contributed by atoms with Crippen molar-refractivity contribution in [1.29, 1.82) is 0 Å². The van der Waals surface area contributed by atoms with Crippen LogP contribution in [0.25, 0.3) is 10.9 Å². The molecule has 2 N–H and O–H groups in total. The number of benzene rings is 1. The minimum atomic E-state index is -0.334. The van der Waals surface area contributed by atoms with Crippen LogP contribution < -0.4 is 10.9 Å². The van der Waals surface area contributed by atoms with E-state index in [4.69, 9.17) is 4.74 Å². The number of hydrogen-bond donors (Lipinski definition) is 2. The number of H-pyrrole nitrogens is 1. The molecule has 0 radical (unpaired) electrons. The first kappa shape index (κ1) is 15.6. The fourth-order valence-corrected chi connectivity index (χ4v) is 3.12. The number of anilines is 1. The molecule has 1 aliphatic heterocycles. The monoisotopic (exact) mass is 338 g/mol. The van der Waals surface area contributed by atoms with Crippen LogP contribution in [-0.4, -0.2) is 33.4 Å². The highest BCUT2D eigenvalue weighted by Crippen LogP contribution is 2.18. The summed E-state index contributed by atoms with van der Waals surface area (Å²) >= 11 is 0. The van der Waals surface area contributed by atoms with Crippen molar-refractivity contribution in [3.8, 4) is 0 Å². The molecule has 1 unspecified atom stereocenters. The molecular formula is C18H18N4O3. The summed E-state index contributed by atoms with van der Waals surface area (Å²) in [6, 6.07) is 8.54. The first-order valence-electron chi connectivity index (χ1n) is 8.26. The summed E-state index contributed by atoms with van der Waals surface area (Å²) in [6.45, 7) is 1.47. The maximum atomic E-state index is 12.6. The van der Waals surface area contributed by atoms with E-state index in [0.717, 1.165) is 19.4 Å². The smallest absolute Gasteiger partial charge is 0.256 e. The van der Waals surface area contributed by atoms with Crippen LogP contribution in [0.1, 0.15) is 23.2 Å². The number of pyridine rings is 1. The number of hydrogen-bond acceptors (Lipinski definition) is 4. The van der Waals surface area contributed by atoms with E-state index in [1.807, 2.05) is 12.1 Å². The number of fused-ring (bicyclic) bond motifs is 1. The van der Waals surface area contributed by atoms with Crippen LogP contribution in [0.15, 0.2) is 47.5 Å². The molecule has 7 nitrogen and oxygen atoms in total. The van der Waals surface area contributed by atoms with Gasteiger partial charge in [-0.05, 0) is 18.9 Å². The lowest BCUT2D eigenvalue weighted by Gasteiger charge is -2.08. The second kappa shape index (κ2) is 6.52. The van der Waals surface area contributed by atoms with Gasteiger partial charge >= 0.3 is 0 Å². The summed E-state index contributed by atoms with van der Waals surface area (Å²) < 4.78 is 7.36. The molecule has 2 aromatic heterocycles. The number of rotatable bonds is 4. The summed E-state index contributed by atoms with van der Waals surface area (Å²) in [6.07, 6.45) is 5.66. The number of para-hydroxylation sites is 1. The van der Waals surface area contributed by atoms with Crippen LogP contribution in [0.5, 0.6) is 0 Å². The maximum Gasteiger partial charge on any atom is 0.256 e. The summed E-state index contributed by atoms with van der Waals surface area (Å²) in [5.41, 5.74) is 1.26. The Balaban J connectivity index is 1.54. The van der Waals surface area contributed by atoms with Crippen molar-refractivity contribution in [2.45, 2.75) is 25.5 Å². The van der Waals surface area contributed by atoms with Crippen LogP contribution >= 0.6 is 0 Å². The van der Waals surface area contributed by atoms with Gasteiger partial charge in [0, 0.05) is 29.8 Å². The molecule has 4 rings (SSSR count). The maximum absolute atomic E-state index is 12.6. The van der Waals surface area contributed by atoms with Crippen LogP contribution in [0.3, 0.4) is 0 Å². The lowest BCUT2D eigenvalue weighted by atomic mass is 10.1. The Hall–Kier alpha value is -2.93. The SMILES string of the molecule is O=C(Nc1cnn(CC2CCCO2)c1)c1cc(=O)[nH]c2ccccc12. The van der Waals surface area contributed by atoms with E-state index in [9.17, 15) is 9.59 Å². The van der Waals surface area contributed by atoms with Crippen molar-refractivity contribution < 1.29 is 9.53 Å². The van der Waals surface area contributed by atoms with Gasteiger partial charge in [-0.25, -0.2) is 0 Å². The van der Waals surface area contributed by atoms with E-state index in [0.29, 0.717) is 28.7 Å². The molecule has 0 saturated carbocycles. The highest BCUT2D eigenvalue weighted by Gasteiger charge is 2.17. The molecule has 1 atom stereocenters. The fraction of sp³-hybridized carbons (Fsp3) is 0.278. The second-order valence-corrected chi connectivity index (χ2v) is 6.13. The van der Waals surface area contributed by atoms with E-state index < -0.39 is 0 Å². The highest BCUT2D eigenvalue weighted by atomic mass is 16.5. The molecule has 7 heteroatoms. The van der Waals surface area contributed by atoms with Gasteiger partial charge < -0.3 is 15.0 Å². The third-order valence-electron chi connectivity index (χ3n) is 4.30. The van der Waals surface area contributed by atoms with Gasteiger partial charge in [-0.2, -0.15) is 5.10 Å². The zero-order chi connectivity index (χ0) is 17.2. The zero-order valence-corrected chi connectivity index (χ0v) is 13.6. The number of carbonyl (C=O) groups is 1. The van der Waals surface area contributed by atoms with E-state index in [1.165, 1.54) is 6.07 Å². The van der Waals surface area contributed by atoms with Gasteiger partial charge in [-0.3, -0.25) is 14.3 Å². The number of aromatic nitrogens is 3. The van der Waals surface area contributed by atoms with Crippen molar-refractivity contribution in [3.05, 3.63) is 58.6 Å². The zero-order valence-electron chi connectivity index (χ0n) is 13.6. The van der Waals surface area contributed by atoms with E-state index >= 15 is 0 Å². The van der Waals surface area contributed by atoms with Gasteiger partial charge in [0.05, 0.1) is 30.1 Å². The Morgan fingerprint density at radius 1 is 1.40 bits per heavy atom.